The molecule has 96 valence electrons. The van der Waals surface area contributed by atoms with Gasteiger partial charge in [-0.2, -0.15) is 0 Å². The van der Waals surface area contributed by atoms with E-state index in [1.165, 1.54) is 25.4 Å². The van der Waals surface area contributed by atoms with Crippen LogP contribution in [-0.2, 0) is 0 Å². The molecule has 3 heteroatoms. The molecule has 1 heterocycles. The van der Waals surface area contributed by atoms with E-state index in [1.807, 2.05) is 11.3 Å². The molecule has 0 aliphatic carbocycles. The minimum atomic E-state index is 0.296. The van der Waals surface area contributed by atoms with Crippen LogP contribution in [0.1, 0.15) is 33.8 Å². The molecule has 1 unspecified atom stereocenters. The smallest absolute Gasteiger partial charge is 0.0671 e. The number of benzene rings is 1. The highest BCUT2D eigenvalue weighted by Crippen LogP contribution is 2.33. The Bertz CT molecular complexity index is 514. The van der Waals surface area contributed by atoms with E-state index in [0.29, 0.717) is 6.04 Å². The van der Waals surface area contributed by atoms with Gasteiger partial charge in [-0.05, 0) is 48.0 Å². The summed E-state index contributed by atoms with van der Waals surface area (Å²) in [6.45, 7) is 7.41. The van der Waals surface area contributed by atoms with Crippen molar-refractivity contribution in [2.75, 3.05) is 6.54 Å². The van der Waals surface area contributed by atoms with Gasteiger partial charge in [0.05, 0.1) is 6.04 Å². The van der Waals surface area contributed by atoms with Crippen molar-refractivity contribution in [2.45, 2.75) is 26.8 Å². The van der Waals surface area contributed by atoms with Crippen LogP contribution in [0.2, 0.25) is 0 Å². The zero-order chi connectivity index (χ0) is 13.1. The zero-order valence-corrected chi connectivity index (χ0v) is 13.4. The van der Waals surface area contributed by atoms with Crippen molar-refractivity contribution in [3.8, 4) is 0 Å². The second kappa shape index (κ2) is 6.00. The van der Waals surface area contributed by atoms with E-state index in [9.17, 15) is 0 Å². The van der Waals surface area contributed by atoms with E-state index in [2.05, 4.69) is 72.3 Å². The summed E-state index contributed by atoms with van der Waals surface area (Å²) >= 11 is 5.46. The van der Waals surface area contributed by atoms with Crippen LogP contribution in [0.4, 0.5) is 0 Å². The highest BCUT2D eigenvalue weighted by Gasteiger charge is 2.16. The lowest BCUT2D eigenvalue weighted by Gasteiger charge is -2.17. The van der Waals surface area contributed by atoms with Gasteiger partial charge in [-0.15, -0.1) is 11.3 Å². The molecule has 0 saturated carbocycles. The Morgan fingerprint density at radius 3 is 2.61 bits per heavy atom. The number of hydrogen-bond acceptors (Lipinski definition) is 2. The molecular formula is C15H18BrNS. The number of nitrogens with one attached hydrogen (secondary N) is 1. The van der Waals surface area contributed by atoms with Crippen LogP contribution in [-0.4, -0.2) is 6.54 Å². The molecule has 0 saturated heterocycles. The topological polar surface area (TPSA) is 12.0 Å². The first-order valence-electron chi connectivity index (χ1n) is 6.17. The minimum Gasteiger partial charge on any atom is -0.306 e. The van der Waals surface area contributed by atoms with Crippen LogP contribution >= 0.6 is 27.3 Å². The van der Waals surface area contributed by atoms with Crippen molar-refractivity contribution in [3.05, 3.63) is 55.7 Å². The highest BCUT2D eigenvalue weighted by atomic mass is 79.9. The van der Waals surface area contributed by atoms with Crippen LogP contribution in [0.5, 0.6) is 0 Å². The maximum Gasteiger partial charge on any atom is 0.0671 e. The SMILES string of the molecule is CCNC(c1cccc(C)c1)c1cc(Br)c(C)s1. The fourth-order valence-corrected chi connectivity index (χ4v) is 3.73. The van der Waals surface area contributed by atoms with Gasteiger partial charge in [-0.25, -0.2) is 0 Å². The Morgan fingerprint density at radius 1 is 1.28 bits per heavy atom. The first-order valence-corrected chi connectivity index (χ1v) is 7.78. The van der Waals surface area contributed by atoms with Crippen molar-refractivity contribution in [2.24, 2.45) is 0 Å². The first-order chi connectivity index (χ1) is 8.61. The van der Waals surface area contributed by atoms with Crippen molar-refractivity contribution in [1.82, 2.24) is 5.32 Å². The van der Waals surface area contributed by atoms with E-state index in [4.69, 9.17) is 0 Å². The summed E-state index contributed by atoms with van der Waals surface area (Å²) in [5, 5.41) is 3.57. The third-order valence-corrected chi connectivity index (χ3v) is 5.15. The Hall–Kier alpha value is -0.640. The van der Waals surface area contributed by atoms with Crippen molar-refractivity contribution in [1.29, 1.82) is 0 Å². The molecule has 0 bridgehead atoms. The first kappa shape index (κ1) is 13.8. The normalized spacial score (nSPS) is 12.7. The quantitative estimate of drug-likeness (QED) is 0.850. The van der Waals surface area contributed by atoms with E-state index < -0.39 is 0 Å². The second-order valence-corrected chi connectivity index (χ2v) is 6.60. The standard InChI is InChI=1S/C15H18BrNS/c1-4-17-15(12-7-5-6-10(2)8-12)14-9-13(16)11(3)18-14/h5-9,15,17H,4H2,1-3H3. The van der Waals surface area contributed by atoms with Gasteiger partial charge >= 0.3 is 0 Å². The molecule has 18 heavy (non-hydrogen) atoms. The molecule has 0 aliphatic rings. The molecule has 0 fully saturated rings. The molecule has 1 nitrogen and oxygen atoms in total. The lowest BCUT2D eigenvalue weighted by atomic mass is 10.0. The number of halogens is 1. The second-order valence-electron chi connectivity index (χ2n) is 4.46. The Balaban J connectivity index is 2.39. The Kier molecular flexibility index (Phi) is 4.60. The molecule has 1 aromatic carbocycles. The fourth-order valence-electron chi connectivity index (χ4n) is 2.06. The maximum absolute atomic E-state index is 3.61. The molecule has 0 aliphatic heterocycles. The fraction of sp³-hybridized carbons (Fsp3) is 0.333. The zero-order valence-electron chi connectivity index (χ0n) is 11.0. The predicted molar refractivity (Wildman–Crippen MR) is 83.5 cm³/mol. The van der Waals surface area contributed by atoms with E-state index in [0.717, 1.165) is 6.54 Å². The molecule has 1 N–H and O–H groups in total. The van der Waals surface area contributed by atoms with Crippen molar-refractivity contribution < 1.29 is 0 Å². The lowest BCUT2D eigenvalue weighted by molar-refractivity contribution is 0.639. The molecule has 2 rings (SSSR count). The van der Waals surface area contributed by atoms with E-state index in [-0.39, 0.29) is 0 Å². The predicted octanol–water partition coefficient (Wildman–Crippen LogP) is 4.83. The third-order valence-electron chi connectivity index (χ3n) is 2.94. The van der Waals surface area contributed by atoms with Gasteiger partial charge in [-0.1, -0.05) is 36.8 Å². The Labute approximate surface area is 121 Å². The number of thiophene rings is 1. The number of rotatable bonds is 4. The summed E-state index contributed by atoms with van der Waals surface area (Å²) in [7, 11) is 0. The summed E-state index contributed by atoms with van der Waals surface area (Å²) in [5.41, 5.74) is 2.65. The molecule has 0 radical (unpaired) electrons. The van der Waals surface area contributed by atoms with Crippen LogP contribution in [0, 0.1) is 13.8 Å². The average molecular weight is 324 g/mol. The number of aryl methyl sites for hydroxylation is 2. The van der Waals surface area contributed by atoms with Gasteiger partial charge in [-0.3, -0.25) is 0 Å². The maximum atomic E-state index is 3.61. The monoisotopic (exact) mass is 323 g/mol. The average Bonchev–Trinajstić information content (AvgIpc) is 2.66. The van der Waals surface area contributed by atoms with Gasteiger partial charge in [0.15, 0.2) is 0 Å². The van der Waals surface area contributed by atoms with Crippen molar-refractivity contribution in [3.63, 3.8) is 0 Å². The summed E-state index contributed by atoms with van der Waals surface area (Å²) in [6, 6.07) is 11.3. The van der Waals surface area contributed by atoms with Crippen LogP contribution in [0.3, 0.4) is 0 Å². The summed E-state index contributed by atoms with van der Waals surface area (Å²) in [4.78, 5) is 2.70. The van der Waals surface area contributed by atoms with E-state index >= 15 is 0 Å². The lowest BCUT2D eigenvalue weighted by Crippen LogP contribution is -2.21. The largest absolute Gasteiger partial charge is 0.306 e. The minimum absolute atomic E-state index is 0.296. The van der Waals surface area contributed by atoms with Gasteiger partial charge < -0.3 is 5.32 Å². The Morgan fingerprint density at radius 2 is 2.06 bits per heavy atom. The molecular weight excluding hydrogens is 306 g/mol. The third kappa shape index (κ3) is 3.02. The molecule has 1 aromatic heterocycles. The van der Waals surface area contributed by atoms with Gasteiger partial charge in [0.25, 0.3) is 0 Å². The van der Waals surface area contributed by atoms with Gasteiger partial charge in [0.2, 0.25) is 0 Å². The highest BCUT2D eigenvalue weighted by molar-refractivity contribution is 9.10. The van der Waals surface area contributed by atoms with Crippen LogP contribution in [0.15, 0.2) is 34.8 Å². The summed E-state index contributed by atoms with van der Waals surface area (Å²) in [6.07, 6.45) is 0. The molecule has 1 atom stereocenters. The van der Waals surface area contributed by atoms with E-state index in [1.54, 1.807) is 0 Å². The summed E-state index contributed by atoms with van der Waals surface area (Å²) < 4.78 is 1.21. The summed E-state index contributed by atoms with van der Waals surface area (Å²) in [5.74, 6) is 0. The molecule has 0 amide bonds. The van der Waals surface area contributed by atoms with Gasteiger partial charge in [0, 0.05) is 14.2 Å². The molecule has 0 spiro atoms. The van der Waals surface area contributed by atoms with Crippen LogP contribution in [0.25, 0.3) is 0 Å². The molecule has 2 aromatic rings. The van der Waals surface area contributed by atoms with Gasteiger partial charge in [0.1, 0.15) is 0 Å². The van der Waals surface area contributed by atoms with Crippen molar-refractivity contribution >= 4 is 27.3 Å². The van der Waals surface area contributed by atoms with Crippen LogP contribution < -0.4 is 5.32 Å². The number of hydrogen-bond donors (Lipinski definition) is 1.